The lowest BCUT2D eigenvalue weighted by Gasteiger charge is -2.24. The van der Waals surface area contributed by atoms with Crippen LogP contribution in [0.25, 0.3) is 0 Å². The van der Waals surface area contributed by atoms with Gasteiger partial charge in [-0.05, 0) is 49.1 Å². The summed E-state index contributed by atoms with van der Waals surface area (Å²) in [6, 6.07) is 19.6. The Balaban J connectivity index is 1.71. The molecule has 1 fully saturated rings. The van der Waals surface area contributed by atoms with Gasteiger partial charge in [0.2, 0.25) is 0 Å². The Morgan fingerprint density at radius 2 is 1.90 bits per heavy atom. The van der Waals surface area contributed by atoms with Crippen molar-refractivity contribution in [2.45, 2.75) is 25.3 Å². The molecular weight excluding hydrogens is 244 g/mol. The molecule has 2 aromatic carbocycles. The van der Waals surface area contributed by atoms with E-state index in [1.165, 1.54) is 17.5 Å². The zero-order valence-corrected chi connectivity index (χ0v) is 12.0. The molecule has 1 saturated heterocycles. The van der Waals surface area contributed by atoms with E-state index < -0.39 is 0 Å². The van der Waals surface area contributed by atoms with Crippen molar-refractivity contribution in [3.63, 3.8) is 0 Å². The number of hydrogen-bond acceptors (Lipinski definition) is 2. The molecule has 2 nitrogen and oxygen atoms in total. The van der Waals surface area contributed by atoms with E-state index in [1.54, 1.807) is 0 Å². The Kier molecular flexibility index (Phi) is 3.75. The molecule has 2 aromatic rings. The Morgan fingerprint density at radius 3 is 2.65 bits per heavy atom. The van der Waals surface area contributed by atoms with Crippen molar-refractivity contribution in [3.05, 3.63) is 65.7 Å². The first kappa shape index (κ1) is 13.2. The second kappa shape index (κ2) is 5.68. The minimum atomic E-state index is 0.488. The van der Waals surface area contributed by atoms with Crippen molar-refractivity contribution < 1.29 is 0 Å². The molecule has 20 heavy (non-hydrogen) atoms. The van der Waals surface area contributed by atoms with Gasteiger partial charge >= 0.3 is 0 Å². The fourth-order valence-electron chi connectivity index (χ4n) is 3.17. The molecule has 0 aromatic heterocycles. The number of nitrogen functional groups attached to an aromatic ring is 1. The van der Waals surface area contributed by atoms with Crippen LogP contribution >= 0.6 is 0 Å². The number of anilines is 1. The highest BCUT2D eigenvalue weighted by atomic mass is 15.2. The van der Waals surface area contributed by atoms with Gasteiger partial charge in [0.05, 0.1) is 0 Å². The number of nitrogens with two attached hydrogens (primary N) is 1. The van der Waals surface area contributed by atoms with Crippen LogP contribution in [-0.2, 0) is 0 Å². The lowest BCUT2D eigenvalue weighted by atomic mass is 9.98. The lowest BCUT2D eigenvalue weighted by Crippen LogP contribution is -2.24. The van der Waals surface area contributed by atoms with Crippen LogP contribution in [0.5, 0.6) is 0 Å². The van der Waals surface area contributed by atoms with E-state index in [2.05, 4.69) is 60.4 Å². The van der Waals surface area contributed by atoms with Gasteiger partial charge in [0.25, 0.3) is 0 Å². The summed E-state index contributed by atoms with van der Waals surface area (Å²) in [6.07, 6.45) is 1.22. The lowest BCUT2D eigenvalue weighted by molar-refractivity contribution is 0.260. The highest BCUT2D eigenvalue weighted by molar-refractivity contribution is 5.42. The van der Waals surface area contributed by atoms with Gasteiger partial charge < -0.3 is 5.73 Å². The molecular formula is C18H22N2. The summed E-state index contributed by atoms with van der Waals surface area (Å²) in [5.74, 6) is 0.615. The van der Waals surface area contributed by atoms with Crippen LogP contribution in [0.1, 0.15) is 36.4 Å². The van der Waals surface area contributed by atoms with Gasteiger partial charge in [0.1, 0.15) is 0 Å². The zero-order valence-electron chi connectivity index (χ0n) is 12.0. The van der Waals surface area contributed by atoms with E-state index >= 15 is 0 Å². The minimum absolute atomic E-state index is 0.488. The average Bonchev–Trinajstić information content (AvgIpc) is 2.97. The first-order chi connectivity index (χ1) is 9.74. The molecule has 104 valence electrons. The van der Waals surface area contributed by atoms with Crippen LogP contribution in [0.4, 0.5) is 5.69 Å². The fraction of sp³-hybridized carbons (Fsp3) is 0.333. The quantitative estimate of drug-likeness (QED) is 0.856. The Bertz CT molecular complexity index is 565. The third-order valence-electron chi connectivity index (χ3n) is 4.43. The summed E-state index contributed by atoms with van der Waals surface area (Å²) in [5.41, 5.74) is 9.56. The highest BCUT2D eigenvalue weighted by Gasteiger charge is 2.27. The smallest absolute Gasteiger partial charge is 0.0320 e. The molecule has 0 bridgehead atoms. The van der Waals surface area contributed by atoms with Crippen LogP contribution in [0.3, 0.4) is 0 Å². The summed E-state index contributed by atoms with van der Waals surface area (Å²) in [5, 5.41) is 0. The molecule has 2 N–H and O–H groups in total. The Labute approximate surface area is 121 Å². The molecule has 3 rings (SSSR count). The van der Waals surface area contributed by atoms with Gasteiger partial charge in [0, 0.05) is 18.3 Å². The van der Waals surface area contributed by atoms with Crippen LogP contribution in [0.15, 0.2) is 54.6 Å². The van der Waals surface area contributed by atoms with Gasteiger partial charge in [-0.25, -0.2) is 0 Å². The Hall–Kier alpha value is -1.80. The van der Waals surface area contributed by atoms with Crippen LogP contribution in [-0.4, -0.2) is 18.0 Å². The maximum atomic E-state index is 5.90. The fourth-order valence-corrected chi connectivity index (χ4v) is 3.17. The molecule has 0 spiro atoms. The molecule has 0 aliphatic carbocycles. The van der Waals surface area contributed by atoms with Crippen molar-refractivity contribution in [3.8, 4) is 0 Å². The predicted molar refractivity (Wildman–Crippen MR) is 84.6 cm³/mol. The second-order valence-corrected chi connectivity index (χ2v) is 5.74. The molecule has 1 aliphatic rings. The van der Waals surface area contributed by atoms with E-state index in [1.807, 2.05) is 6.07 Å². The van der Waals surface area contributed by atoms with E-state index in [0.29, 0.717) is 12.0 Å². The normalized spacial score (nSPS) is 20.9. The summed E-state index contributed by atoms with van der Waals surface area (Å²) >= 11 is 0. The Morgan fingerprint density at radius 1 is 1.10 bits per heavy atom. The molecule has 2 heteroatoms. The van der Waals surface area contributed by atoms with Gasteiger partial charge in [0.15, 0.2) is 0 Å². The highest BCUT2D eigenvalue weighted by Crippen LogP contribution is 2.33. The number of hydrogen-bond donors (Lipinski definition) is 1. The SMILES string of the molecule is CC(c1ccccc1)N1CCC(c2cccc(N)c2)C1. The van der Waals surface area contributed by atoms with Gasteiger partial charge in [-0.1, -0.05) is 42.5 Å². The van der Waals surface area contributed by atoms with E-state index in [0.717, 1.165) is 18.8 Å². The summed E-state index contributed by atoms with van der Waals surface area (Å²) in [6.45, 7) is 4.59. The van der Waals surface area contributed by atoms with E-state index in [9.17, 15) is 0 Å². The van der Waals surface area contributed by atoms with E-state index in [4.69, 9.17) is 5.73 Å². The van der Waals surface area contributed by atoms with E-state index in [-0.39, 0.29) is 0 Å². The molecule has 1 aliphatic heterocycles. The van der Waals surface area contributed by atoms with Gasteiger partial charge in [-0.3, -0.25) is 4.90 Å². The molecule has 0 saturated carbocycles. The molecule has 1 heterocycles. The van der Waals surface area contributed by atoms with Crippen molar-refractivity contribution >= 4 is 5.69 Å². The second-order valence-electron chi connectivity index (χ2n) is 5.74. The standard InChI is InChI=1S/C18H22N2/c1-14(15-6-3-2-4-7-15)20-11-10-17(13-20)16-8-5-9-18(19)12-16/h2-9,12,14,17H,10-11,13,19H2,1H3. The maximum absolute atomic E-state index is 5.90. The number of likely N-dealkylation sites (tertiary alicyclic amines) is 1. The zero-order chi connectivity index (χ0) is 13.9. The van der Waals surface area contributed by atoms with Crippen LogP contribution in [0.2, 0.25) is 0 Å². The van der Waals surface area contributed by atoms with Gasteiger partial charge in [-0.15, -0.1) is 0 Å². The number of rotatable bonds is 3. The molecule has 0 amide bonds. The number of benzene rings is 2. The molecule has 2 unspecified atom stereocenters. The predicted octanol–water partition coefficient (Wildman–Crippen LogP) is 3.82. The summed E-state index contributed by atoms with van der Waals surface area (Å²) in [7, 11) is 0. The van der Waals surface area contributed by atoms with Gasteiger partial charge in [-0.2, -0.15) is 0 Å². The monoisotopic (exact) mass is 266 g/mol. The topological polar surface area (TPSA) is 29.3 Å². The van der Waals surface area contributed by atoms with Crippen molar-refractivity contribution in [1.29, 1.82) is 0 Å². The first-order valence-corrected chi connectivity index (χ1v) is 7.38. The third-order valence-corrected chi connectivity index (χ3v) is 4.43. The van der Waals surface area contributed by atoms with Crippen molar-refractivity contribution in [2.75, 3.05) is 18.8 Å². The minimum Gasteiger partial charge on any atom is -0.399 e. The maximum Gasteiger partial charge on any atom is 0.0320 e. The summed E-state index contributed by atoms with van der Waals surface area (Å²) in [4.78, 5) is 2.57. The summed E-state index contributed by atoms with van der Waals surface area (Å²) < 4.78 is 0. The van der Waals surface area contributed by atoms with Crippen LogP contribution in [0, 0.1) is 0 Å². The number of nitrogens with zero attached hydrogens (tertiary/aromatic N) is 1. The average molecular weight is 266 g/mol. The molecule has 2 atom stereocenters. The van der Waals surface area contributed by atoms with Crippen molar-refractivity contribution in [1.82, 2.24) is 4.90 Å². The third kappa shape index (κ3) is 2.70. The van der Waals surface area contributed by atoms with Crippen molar-refractivity contribution in [2.24, 2.45) is 0 Å². The van der Waals surface area contributed by atoms with Crippen LogP contribution < -0.4 is 5.73 Å². The molecule has 0 radical (unpaired) electrons. The first-order valence-electron chi connectivity index (χ1n) is 7.38. The largest absolute Gasteiger partial charge is 0.399 e.